The fourth-order valence-corrected chi connectivity index (χ4v) is 2.67. The van der Waals surface area contributed by atoms with E-state index in [1.54, 1.807) is 0 Å². The molecule has 0 saturated heterocycles. The van der Waals surface area contributed by atoms with Crippen LogP contribution in [0.15, 0.2) is 48.5 Å². The fourth-order valence-electron chi connectivity index (χ4n) is 2.67. The van der Waals surface area contributed by atoms with E-state index in [2.05, 4.69) is 68.3 Å². The van der Waals surface area contributed by atoms with Gasteiger partial charge in [0.1, 0.15) is 0 Å². The molecule has 0 aliphatic heterocycles. The van der Waals surface area contributed by atoms with Gasteiger partial charge >= 0.3 is 0 Å². The number of benzene rings is 2. The maximum absolute atomic E-state index is 6.28. The third kappa shape index (κ3) is 3.84. The minimum absolute atomic E-state index is 0.142. The molecule has 2 aromatic rings. The standard InChI is InChI=1S/C18H24N2/c1-14-9-10-18(15(2)11-14)20(3)13-17(19)12-16-7-5-4-6-8-16/h4-11,17H,12-13,19H2,1-3H3. The molecule has 2 nitrogen and oxygen atoms in total. The predicted octanol–water partition coefficient (Wildman–Crippen LogP) is 3.31. The Kier molecular flexibility index (Phi) is 4.80. The normalized spacial score (nSPS) is 12.2. The molecule has 0 spiro atoms. The number of nitrogens with two attached hydrogens (primary N) is 1. The molecule has 2 aromatic carbocycles. The molecule has 1 unspecified atom stereocenters. The third-order valence-electron chi connectivity index (χ3n) is 3.61. The van der Waals surface area contributed by atoms with E-state index in [1.165, 1.54) is 22.4 Å². The van der Waals surface area contributed by atoms with Crippen LogP contribution in [0.4, 0.5) is 5.69 Å². The zero-order valence-corrected chi connectivity index (χ0v) is 12.6. The van der Waals surface area contributed by atoms with E-state index in [1.807, 2.05) is 6.07 Å². The van der Waals surface area contributed by atoms with Crippen molar-refractivity contribution in [2.24, 2.45) is 5.73 Å². The molecule has 106 valence electrons. The number of likely N-dealkylation sites (N-methyl/N-ethyl adjacent to an activating group) is 1. The van der Waals surface area contributed by atoms with Crippen molar-refractivity contribution in [2.75, 3.05) is 18.5 Å². The molecule has 0 aromatic heterocycles. The first-order valence-corrected chi connectivity index (χ1v) is 7.14. The third-order valence-corrected chi connectivity index (χ3v) is 3.61. The first-order chi connectivity index (χ1) is 9.56. The molecule has 0 fully saturated rings. The minimum atomic E-state index is 0.142. The summed E-state index contributed by atoms with van der Waals surface area (Å²) < 4.78 is 0. The van der Waals surface area contributed by atoms with Crippen molar-refractivity contribution in [2.45, 2.75) is 26.3 Å². The van der Waals surface area contributed by atoms with Crippen LogP contribution in [0.2, 0.25) is 0 Å². The van der Waals surface area contributed by atoms with E-state index >= 15 is 0 Å². The Bertz CT molecular complexity index is 549. The summed E-state index contributed by atoms with van der Waals surface area (Å²) in [7, 11) is 2.11. The summed E-state index contributed by atoms with van der Waals surface area (Å²) >= 11 is 0. The van der Waals surface area contributed by atoms with Gasteiger partial charge in [0.05, 0.1) is 0 Å². The van der Waals surface area contributed by atoms with Gasteiger partial charge in [-0.25, -0.2) is 0 Å². The van der Waals surface area contributed by atoms with Crippen LogP contribution in [0.5, 0.6) is 0 Å². The molecular weight excluding hydrogens is 244 g/mol. The molecule has 1 atom stereocenters. The first kappa shape index (κ1) is 14.6. The zero-order valence-electron chi connectivity index (χ0n) is 12.6. The van der Waals surface area contributed by atoms with Crippen molar-refractivity contribution in [1.29, 1.82) is 0 Å². The Morgan fingerprint density at radius 2 is 1.75 bits per heavy atom. The van der Waals surface area contributed by atoms with Crippen LogP contribution in [0, 0.1) is 13.8 Å². The van der Waals surface area contributed by atoms with Gasteiger partial charge < -0.3 is 10.6 Å². The second-order valence-corrected chi connectivity index (χ2v) is 5.62. The summed E-state index contributed by atoms with van der Waals surface area (Å²) in [6.07, 6.45) is 0.913. The van der Waals surface area contributed by atoms with Crippen LogP contribution in [-0.2, 0) is 6.42 Å². The smallest absolute Gasteiger partial charge is 0.0394 e. The number of hydrogen-bond acceptors (Lipinski definition) is 2. The van der Waals surface area contributed by atoms with Crippen LogP contribution in [-0.4, -0.2) is 19.6 Å². The van der Waals surface area contributed by atoms with Crippen molar-refractivity contribution in [1.82, 2.24) is 0 Å². The van der Waals surface area contributed by atoms with E-state index in [0.29, 0.717) is 0 Å². The molecule has 0 radical (unpaired) electrons. The summed E-state index contributed by atoms with van der Waals surface area (Å²) in [6.45, 7) is 5.14. The van der Waals surface area contributed by atoms with E-state index < -0.39 is 0 Å². The van der Waals surface area contributed by atoms with Crippen LogP contribution in [0.3, 0.4) is 0 Å². The number of nitrogens with zero attached hydrogens (tertiary/aromatic N) is 1. The van der Waals surface area contributed by atoms with Gasteiger partial charge in [-0.2, -0.15) is 0 Å². The summed E-state index contributed by atoms with van der Waals surface area (Å²) in [6, 6.07) is 17.1. The second kappa shape index (κ2) is 6.58. The second-order valence-electron chi connectivity index (χ2n) is 5.62. The monoisotopic (exact) mass is 268 g/mol. The Hall–Kier alpha value is -1.80. The van der Waals surface area contributed by atoms with Gasteiger partial charge in [-0.3, -0.25) is 0 Å². The van der Waals surface area contributed by atoms with E-state index in [0.717, 1.165) is 13.0 Å². The molecule has 2 heteroatoms. The number of aryl methyl sites for hydroxylation is 2. The highest BCUT2D eigenvalue weighted by Gasteiger charge is 2.10. The molecule has 0 bridgehead atoms. The van der Waals surface area contributed by atoms with E-state index in [9.17, 15) is 0 Å². The van der Waals surface area contributed by atoms with Crippen LogP contribution < -0.4 is 10.6 Å². The quantitative estimate of drug-likeness (QED) is 0.901. The van der Waals surface area contributed by atoms with Crippen LogP contribution in [0.25, 0.3) is 0 Å². The predicted molar refractivity (Wildman–Crippen MR) is 87.3 cm³/mol. The molecule has 2 rings (SSSR count). The summed E-state index contributed by atoms with van der Waals surface area (Å²) in [4.78, 5) is 2.25. The van der Waals surface area contributed by atoms with Crippen molar-refractivity contribution < 1.29 is 0 Å². The Labute approximate surface area is 122 Å². The summed E-state index contributed by atoms with van der Waals surface area (Å²) in [5.74, 6) is 0. The highest BCUT2D eigenvalue weighted by Crippen LogP contribution is 2.20. The first-order valence-electron chi connectivity index (χ1n) is 7.14. The highest BCUT2D eigenvalue weighted by atomic mass is 15.1. The number of hydrogen-bond donors (Lipinski definition) is 1. The molecule has 0 aliphatic rings. The molecule has 0 heterocycles. The maximum atomic E-state index is 6.28. The molecular formula is C18H24N2. The van der Waals surface area contributed by atoms with E-state index in [4.69, 9.17) is 5.73 Å². The SMILES string of the molecule is Cc1ccc(N(C)CC(N)Cc2ccccc2)c(C)c1. The lowest BCUT2D eigenvalue weighted by molar-refractivity contribution is 0.655. The van der Waals surface area contributed by atoms with Crippen molar-refractivity contribution in [3.05, 3.63) is 65.2 Å². The molecule has 0 aliphatic carbocycles. The Morgan fingerprint density at radius 1 is 1.05 bits per heavy atom. The minimum Gasteiger partial charge on any atom is -0.373 e. The lowest BCUT2D eigenvalue weighted by Crippen LogP contribution is -2.37. The van der Waals surface area contributed by atoms with Gasteiger partial charge in [-0.1, -0.05) is 48.0 Å². The van der Waals surface area contributed by atoms with E-state index in [-0.39, 0.29) is 6.04 Å². The average molecular weight is 268 g/mol. The molecule has 2 N–H and O–H groups in total. The largest absolute Gasteiger partial charge is 0.373 e. The number of rotatable bonds is 5. The molecule has 0 amide bonds. The van der Waals surface area contributed by atoms with Gasteiger partial charge in [0.15, 0.2) is 0 Å². The molecule has 20 heavy (non-hydrogen) atoms. The van der Waals surface area contributed by atoms with Gasteiger partial charge in [-0.15, -0.1) is 0 Å². The van der Waals surface area contributed by atoms with Crippen molar-refractivity contribution in [3.63, 3.8) is 0 Å². The van der Waals surface area contributed by atoms with Gasteiger partial charge in [0.2, 0.25) is 0 Å². The maximum Gasteiger partial charge on any atom is 0.0394 e. The van der Waals surface area contributed by atoms with Crippen LogP contribution >= 0.6 is 0 Å². The van der Waals surface area contributed by atoms with Crippen LogP contribution in [0.1, 0.15) is 16.7 Å². The highest BCUT2D eigenvalue weighted by molar-refractivity contribution is 5.53. The summed E-state index contributed by atoms with van der Waals surface area (Å²) in [5.41, 5.74) is 11.4. The Morgan fingerprint density at radius 3 is 2.40 bits per heavy atom. The lowest BCUT2D eigenvalue weighted by Gasteiger charge is -2.25. The van der Waals surface area contributed by atoms with Crippen molar-refractivity contribution >= 4 is 5.69 Å². The molecule has 0 saturated carbocycles. The topological polar surface area (TPSA) is 29.3 Å². The van der Waals surface area contributed by atoms with Gasteiger partial charge in [0, 0.05) is 25.3 Å². The van der Waals surface area contributed by atoms with Gasteiger partial charge in [0.25, 0.3) is 0 Å². The Balaban J connectivity index is 1.98. The van der Waals surface area contributed by atoms with Gasteiger partial charge in [-0.05, 0) is 37.5 Å². The summed E-state index contributed by atoms with van der Waals surface area (Å²) in [5, 5.41) is 0. The lowest BCUT2D eigenvalue weighted by atomic mass is 10.1. The fraction of sp³-hybridized carbons (Fsp3) is 0.333. The average Bonchev–Trinajstić information content (AvgIpc) is 2.39. The van der Waals surface area contributed by atoms with Crippen molar-refractivity contribution in [3.8, 4) is 0 Å². The zero-order chi connectivity index (χ0) is 14.5. The number of anilines is 1.